The van der Waals surface area contributed by atoms with Crippen LogP contribution in [-0.4, -0.2) is 4.57 Å². The molecule has 0 spiro atoms. The molecule has 14 heavy (non-hydrogen) atoms. The van der Waals surface area contributed by atoms with Crippen molar-refractivity contribution in [3.05, 3.63) is 54.6 Å². The fourth-order valence-electron chi connectivity index (χ4n) is 1.48. The highest BCUT2D eigenvalue weighted by atomic mass is 14.9. The van der Waals surface area contributed by atoms with Gasteiger partial charge in [-0.05, 0) is 24.1 Å². The van der Waals surface area contributed by atoms with Gasteiger partial charge in [-0.2, -0.15) is 0 Å². The van der Waals surface area contributed by atoms with Crippen LogP contribution in [0.25, 0.3) is 0 Å². The molecule has 0 aliphatic rings. The molecule has 2 heteroatoms. The van der Waals surface area contributed by atoms with E-state index in [2.05, 4.69) is 58.2 Å². The molecule has 0 saturated heterocycles. The van der Waals surface area contributed by atoms with Gasteiger partial charge in [-0.15, -0.1) is 0 Å². The first-order chi connectivity index (χ1) is 6.84. The Hall–Kier alpha value is -1.57. The largest absolute Gasteiger partial charge is 0.354 e. The third-order valence-electron chi connectivity index (χ3n) is 2.37. The average Bonchev–Trinajstić information content (AvgIpc) is 2.70. The van der Waals surface area contributed by atoms with Crippen molar-refractivity contribution in [3.8, 4) is 0 Å². The van der Waals surface area contributed by atoms with Crippen LogP contribution >= 0.6 is 0 Å². The van der Waals surface area contributed by atoms with Crippen molar-refractivity contribution >= 4 is 0 Å². The molecule has 0 bridgehead atoms. The first kappa shape index (κ1) is 9.00. The Morgan fingerprint density at radius 1 is 1.14 bits per heavy atom. The van der Waals surface area contributed by atoms with Gasteiger partial charge in [0.05, 0.1) is 0 Å². The van der Waals surface area contributed by atoms with Crippen molar-refractivity contribution in [3.63, 3.8) is 0 Å². The third-order valence-corrected chi connectivity index (χ3v) is 2.37. The van der Waals surface area contributed by atoms with Crippen LogP contribution in [0, 0.1) is 0 Å². The lowest BCUT2D eigenvalue weighted by molar-refractivity contribution is -0.671. The molecule has 0 aliphatic carbocycles. The maximum atomic E-state index is 2.20. The fraction of sp³-hybridized carbons (Fsp3) is 0.250. The number of pyridine rings is 1. The standard InChI is InChI=1S/C12H15N2/c1-13-9-4-12(5-10-13)6-11-14-7-2-3-8-14/h2-5,7-10H,6,11H2,1H3/q+1. The lowest BCUT2D eigenvalue weighted by Crippen LogP contribution is -2.26. The van der Waals surface area contributed by atoms with Gasteiger partial charge >= 0.3 is 0 Å². The van der Waals surface area contributed by atoms with Gasteiger partial charge in [-0.25, -0.2) is 4.57 Å². The van der Waals surface area contributed by atoms with Gasteiger partial charge in [0.25, 0.3) is 0 Å². The van der Waals surface area contributed by atoms with E-state index in [0.717, 1.165) is 13.0 Å². The van der Waals surface area contributed by atoms with E-state index in [1.54, 1.807) is 0 Å². The van der Waals surface area contributed by atoms with E-state index in [9.17, 15) is 0 Å². The van der Waals surface area contributed by atoms with Crippen LogP contribution in [0.15, 0.2) is 49.1 Å². The quantitative estimate of drug-likeness (QED) is 0.645. The number of hydrogen-bond donors (Lipinski definition) is 0. The number of aromatic nitrogens is 2. The van der Waals surface area contributed by atoms with Crippen LogP contribution in [0.2, 0.25) is 0 Å². The zero-order valence-corrected chi connectivity index (χ0v) is 8.43. The predicted molar refractivity (Wildman–Crippen MR) is 55.8 cm³/mol. The van der Waals surface area contributed by atoms with Crippen molar-refractivity contribution in [1.82, 2.24) is 4.57 Å². The second-order valence-corrected chi connectivity index (χ2v) is 3.54. The summed E-state index contributed by atoms with van der Waals surface area (Å²) in [6.45, 7) is 1.06. The number of aryl methyl sites for hydroxylation is 3. The minimum absolute atomic E-state index is 1.06. The predicted octanol–water partition coefficient (Wildman–Crippen LogP) is 1.56. The van der Waals surface area contributed by atoms with Crippen LogP contribution in [0.4, 0.5) is 0 Å². The third kappa shape index (κ3) is 2.22. The van der Waals surface area contributed by atoms with Crippen LogP contribution < -0.4 is 4.57 Å². The summed E-state index contributed by atoms with van der Waals surface area (Å²) in [7, 11) is 2.04. The summed E-state index contributed by atoms with van der Waals surface area (Å²) in [6, 6.07) is 8.46. The zero-order chi connectivity index (χ0) is 9.80. The highest BCUT2D eigenvalue weighted by Crippen LogP contribution is 1.99. The molecule has 0 amide bonds. The first-order valence-electron chi connectivity index (χ1n) is 4.89. The molecule has 2 rings (SSSR count). The van der Waals surface area contributed by atoms with Crippen LogP contribution in [-0.2, 0) is 20.0 Å². The summed E-state index contributed by atoms with van der Waals surface area (Å²) in [5, 5.41) is 0. The molecule has 0 aromatic carbocycles. The Labute approximate surface area is 84.4 Å². The van der Waals surface area contributed by atoms with E-state index < -0.39 is 0 Å². The van der Waals surface area contributed by atoms with Crippen LogP contribution in [0.5, 0.6) is 0 Å². The van der Waals surface area contributed by atoms with Crippen molar-refractivity contribution in [2.24, 2.45) is 7.05 Å². The summed E-state index contributed by atoms with van der Waals surface area (Å²) in [5.41, 5.74) is 1.39. The summed E-state index contributed by atoms with van der Waals surface area (Å²) in [5.74, 6) is 0. The molecule has 0 radical (unpaired) electrons. The Bertz CT molecular complexity index is 373. The molecule has 2 heterocycles. The fourth-order valence-corrected chi connectivity index (χ4v) is 1.48. The van der Waals surface area contributed by atoms with Gasteiger partial charge in [-0.1, -0.05) is 0 Å². The molecular weight excluding hydrogens is 172 g/mol. The summed E-state index contributed by atoms with van der Waals surface area (Å²) >= 11 is 0. The second kappa shape index (κ2) is 4.09. The van der Waals surface area contributed by atoms with Crippen molar-refractivity contribution in [2.75, 3.05) is 0 Å². The molecule has 2 nitrogen and oxygen atoms in total. The number of hydrogen-bond acceptors (Lipinski definition) is 0. The topological polar surface area (TPSA) is 8.81 Å². The van der Waals surface area contributed by atoms with Crippen molar-refractivity contribution in [2.45, 2.75) is 13.0 Å². The highest BCUT2D eigenvalue weighted by molar-refractivity contribution is 5.07. The lowest BCUT2D eigenvalue weighted by Gasteiger charge is -2.01. The second-order valence-electron chi connectivity index (χ2n) is 3.54. The highest BCUT2D eigenvalue weighted by Gasteiger charge is 1.96. The smallest absolute Gasteiger partial charge is 0.168 e. The normalized spacial score (nSPS) is 10.4. The van der Waals surface area contributed by atoms with Gasteiger partial charge in [0.2, 0.25) is 0 Å². The minimum atomic E-state index is 1.06. The maximum absolute atomic E-state index is 2.20. The van der Waals surface area contributed by atoms with E-state index in [1.807, 2.05) is 7.05 Å². The van der Waals surface area contributed by atoms with Crippen LogP contribution in [0.3, 0.4) is 0 Å². The number of rotatable bonds is 3. The average molecular weight is 187 g/mol. The molecule has 0 saturated carbocycles. The summed E-state index contributed by atoms with van der Waals surface area (Å²) < 4.78 is 4.26. The van der Waals surface area contributed by atoms with Gasteiger partial charge in [0.15, 0.2) is 12.4 Å². The Kier molecular flexibility index (Phi) is 2.63. The van der Waals surface area contributed by atoms with E-state index in [-0.39, 0.29) is 0 Å². The van der Waals surface area contributed by atoms with E-state index in [1.165, 1.54) is 5.56 Å². The van der Waals surface area contributed by atoms with Gasteiger partial charge in [-0.3, -0.25) is 0 Å². The molecule has 0 aliphatic heterocycles. The maximum Gasteiger partial charge on any atom is 0.168 e. The van der Waals surface area contributed by atoms with E-state index in [4.69, 9.17) is 0 Å². The Morgan fingerprint density at radius 3 is 2.43 bits per heavy atom. The molecule has 0 atom stereocenters. The SMILES string of the molecule is C[n+]1ccc(CCn2cccc2)cc1. The molecule has 0 fully saturated rings. The van der Waals surface area contributed by atoms with Crippen molar-refractivity contribution in [1.29, 1.82) is 0 Å². The molecule has 72 valence electrons. The molecule has 2 aromatic rings. The molecule has 0 unspecified atom stereocenters. The lowest BCUT2D eigenvalue weighted by atomic mass is 10.2. The van der Waals surface area contributed by atoms with Gasteiger partial charge < -0.3 is 4.57 Å². The first-order valence-corrected chi connectivity index (χ1v) is 4.89. The molecular formula is C12H15N2+. The van der Waals surface area contributed by atoms with Gasteiger partial charge in [0.1, 0.15) is 7.05 Å². The number of nitrogens with zero attached hydrogens (tertiary/aromatic N) is 2. The monoisotopic (exact) mass is 187 g/mol. The minimum Gasteiger partial charge on any atom is -0.354 e. The Balaban J connectivity index is 1.95. The van der Waals surface area contributed by atoms with Crippen molar-refractivity contribution < 1.29 is 4.57 Å². The van der Waals surface area contributed by atoms with Gasteiger partial charge in [0, 0.05) is 31.1 Å². The van der Waals surface area contributed by atoms with E-state index in [0.29, 0.717) is 0 Å². The van der Waals surface area contributed by atoms with Crippen LogP contribution in [0.1, 0.15) is 5.56 Å². The summed E-state index contributed by atoms with van der Waals surface area (Å²) in [4.78, 5) is 0. The zero-order valence-electron chi connectivity index (χ0n) is 8.43. The Morgan fingerprint density at radius 2 is 1.79 bits per heavy atom. The van der Waals surface area contributed by atoms with E-state index >= 15 is 0 Å². The molecule has 0 N–H and O–H groups in total. The molecule has 2 aromatic heterocycles. The summed E-state index contributed by atoms with van der Waals surface area (Å²) in [6.07, 6.45) is 9.47.